The van der Waals surface area contributed by atoms with E-state index in [0.29, 0.717) is 16.2 Å². The van der Waals surface area contributed by atoms with Gasteiger partial charge in [-0.3, -0.25) is 0 Å². The van der Waals surface area contributed by atoms with Crippen LogP contribution in [0.15, 0.2) is 12.2 Å². The van der Waals surface area contributed by atoms with E-state index in [1.807, 2.05) is 0 Å². The molecule has 0 nitrogen and oxygen atoms in total. The Morgan fingerprint density at radius 2 is 1.87 bits per heavy atom. The van der Waals surface area contributed by atoms with E-state index >= 15 is 0 Å². The normalized spacial score (nSPS) is 51.9. The van der Waals surface area contributed by atoms with Gasteiger partial charge in [-0.05, 0) is 54.3 Å². The maximum atomic E-state index is 4.27. The highest BCUT2D eigenvalue weighted by atomic mass is 14.7. The fourth-order valence-electron chi connectivity index (χ4n) is 4.98. The molecule has 15 heavy (non-hydrogen) atoms. The minimum Gasteiger partial charge on any atom is -0.0996 e. The number of hydrogen-bond donors (Lipinski definition) is 0. The Morgan fingerprint density at radius 1 is 1.13 bits per heavy atom. The van der Waals surface area contributed by atoms with Crippen molar-refractivity contribution in [2.45, 2.75) is 59.3 Å². The molecule has 3 rings (SSSR count). The first-order valence-electron chi connectivity index (χ1n) is 6.61. The molecule has 3 saturated carbocycles. The van der Waals surface area contributed by atoms with Crippen LogP contribution in [0.2, 0.25) is 0 Å². The Morgan fingerprint density at radius 3 is 2.27 bits per heavy atom. The molecule has 0 aliphatic heterocycles. The molecular weight excluding hydrogens is 180 g/mol. The van der Waals surface area contributed by atoms with Crippen LogP contribution in [0.5, 0.6) is 0 Å². The molecule has 0 bridgehead atoms. The van der Waals surface area contributed by atoms with Crippen LogP contribution in [-0.4, -0.2) is 0 Å². The zero-order valence-corrected chi connectivity index (χ0v) is 10.5. The number of allylic oxidation sites excluding steroid dienone is 1. The quantitative estimate of drug-likeness (QED) is 0.549. The maximum Gasteiger partial charge on any atom is -0.0138 e. The van der Waals surface area contributed by atoms with Gasteiger partial charge in [0, 0.05) is 0 Å². The molecule has 3 aliphatic rings. The highest BCUT2D eigenvalue weighted by Crippen LogP contribution is 2.79. The zero-order chi connectivity index (χ0) is 10.9. The second kappa shape index (κ2) is 2.52. The second-order valence-corrected chi connectivity index (χ2v) is 7.14. The summed E-state index contributed by atoms with van der Waals surface area (Å²) in [6.07, 6.45) is 8.57. The van der Waals surface area contributed by atoms with Crippen LogP contribution in [0.4, 0.5) is 0 Å². The number of hydrogen-bond acceptors (Lipinski definition) is 0. The van der Waals surface area contributed by atoms with E-state index in [4.69, 9.17) is 0 Å². The molecule has 0 amide bonds. The molecule has 3 atom stereocenters. The Labute approximate surface area is 94.1 Å². The molecule has 0 saturated heterocycles. The lowest BCUT2D eigenvalue weighted by Crippen LogP contribution is -2.38. The van der Waals surface area contributed by atoms with Gasteiger partial charge in [-0.1, -0.05) is 39.3 Å². The molecule has 0 radical (unpaired) electrons. The number of fused-ring (bicyclic) bond motifs is 1. The summed E-state index contributed by atoms with van der Waals surface area (Å²) in [5.74, 6) is 0.903. The molecule has 3 aliphatic carbocycles. The van der Waals surface area contributed by atoms with Gasteiger partial charge in [0.25, 0.3) is 0 Å². The van der Waals surface area contributed by atoms with Crippen LogP contribution in [0.25, 0.3) is 0 Å². The summed E-state index contributed by atoms with van der Waals surface area (Å²) in [6.45, 7) is 11.9. The monoisotopic (exact) mass is 204 g/mol. The van der Waals surface area contributed by atoms with Gasteiger partial charge in [0.1, 0.15) is 0 Å². The maximum absolute atomic E-state index is 4.27. The first kappa shape index (κ1) is 9.93. The standard InChI is InChI=1S/C15H24/c1-11-6-9-15(10-12(11)15)14(4)8-5-7-13(14,2)3/h12H,1,5-10H2,2-4H3/t12-,14+,15+/m0/s1. The van der Waals surface area contributed by atoms with Crippen LogP contribution in [-0.2, 0) is 0 Å². The molecule has 0 aromatic carbocycles. The van der Waals surface area contributed by atoms with Crippen molar-refractivity contribution in [2.24, 2.45) is 22.2 Å². The van der Waals surface area contributed by atoms with Crippen molar-refractivity contribution in [1.29, 1.82) is 0 Å². The number of rotatable bonds is 1. The second-order valence-electron chi connectivity index (χ2n) is 7.14. The molecule has 0 heteroatoms. The molecule has 0 aromatic rings. The minimum atomic E-state index is 0.562. The fourth-order valence-corrected chi connectivity index (χ4v) is 4.98. The molecule has 84 valence electrons. The molecule has 3 fully saturated rings. The van der Waals surface area contributed by atoms with Gasteiger partial charge in [0.05, 0.1) is 0 Å². The smallest absolute Gasteiger partial charge is 0.0138 e. The molecule has 0 spiro atoms. The first-order valence-corrected chi connectivity index (χ1v) is 6.61. The predicted molar refractivity (Wildman–Crippen MR) is 64.7 cm³/mol. The van der Waals surface area contributed by atoms with E-state index in [2.05, 4.69) is 27.4 Å². The van der Waals surface area contributed by atoms with E-state index in [-0.39, 0.29) is 0 Å². The average Bonchev–Trinajstić information content (AvgIpc) is 2.73. The van der Waals surface area contributed by atoms with Crippen molar-refractivity contribution in [1.82, 2.24) is 0 Å². The zero-order valence-electron chi connectivity index (χ0n) is 10.5. The third-order valence-corrected chi connectivity index (χ3v) is 6.53. The van der Waals surface area contributed by atoms with Crippen molar-refractivity contribution in [3.63, 3.8) is 0 Å². The third kappa shape index (κ3) is 0.946. The van der Waals surface area contributed by atoms with Crippen LogP contribution >= 0.6 is 0 Å². The van der Waals surface area contributed by atoms with Gasteiger partial charge >= 0.3 is 0 Å². The lowest BCUT2D eigenvalue weighted by atomic mass is 9.59. The largest absolute Gasteiger partial charge is 0.0996 e. The topological polar surface area (TPSA) is 0 Å². The summed E-state index contributed by atoms with van der Waals surface area (Å²) in [4.78, 5) is 0. The van der Waals surface area contributed by atoms with Crippen molar-refractivity contribution in [3.05, 3.63) is 12.2 Å². The average molecular weight is 204 g/mol. The molecule has 0 N–H and O–H groups in total. The van der Waals surface area contributed by atoms with Crippen molar-refractivity contribution >= 4 is 0 Å². The van der Waals surface area contributed by atoms with Crippen LogP contribution < -0.4 is 0 Å². The summed E-state index contributed by atoms with van der Waals surface area (Å²) < 4.78 is 0. The third-order valence-electron chi connectivity index (χ3n) is 6.53. The van der Waals surface area contributed by atoms with E-state index in [1.165, 1.54) is 38.5 Å². The first-order chi connectivity index (χ1) is 6.93. The molecule has 0 unspecified atom stereocenters. The van der Waals surface area contributed by atoms with Gasteiger partial charge in [-0.2, -0.15) is 0 Å². The lowest BCUT2D eigenvalue weighted by molar-refractivity contribution is 0.0318. The highest BCUT2D eigenvalue weighted by Gasteiger charge is 2.71. The Hall–Kier alpha value is -0.260. The molecule has 0 aromatic heterocycles. The summed E-state index contributed by atoms with van der Waals surface area (Å²) in [6, 6.07) is 0. The van der Waals surface area contributed by atoms with Crippen molar-refractivity contribution < 1.29 is 0 Å². The van der Waals surface area contributed by atoms with E-state index in [0.717, 1.165) is 5.92 Å². The SMILES string of the molecule is C=C1CC[C@@]2([C@]3(C)CCCC3(C)C)C[C@@H]12. The van der Waals surface area contributed by atoms with Crippen LogP contribution in [0.1, 0.15) is 59.3 Å². The van der Waals surface area contributed by atoms with E-state index in [9.17, 15) is 0 Å². The van der Waals surface area contributed by atoms with Gasteiger partial charge in [0.2, 0.25) is 0 Å². The summed E-state index contributed by atoms with van der Waals surface area (Å²) in [7, 11) is 0. The van der Waals surface area contributed by atoms with Crippen LogP contribution in [0.3, 0.4) is 0 Å². The van der Waals surface area contributed by atoms with Crippen molar-refractivity contribution in [3.8, 4) is 0 Å². The van der Waals surface area contributed by atoms with E-state index in [1.54, 1.807) is 5.57 Å². The van der Waals surface area contributed by atoms with Gasteiger partial charge in [-0.15, -0.1) is 0 Å². The summed E-state index contributed by atoms with van der Waals surface area (Å²) in [5, 5.41) is 0. The minimum absolute atomic E-state index is 0.562. The Bertz CT molecular complexity index is 325. The summed E-state index contributed by atoms with van der Waals surface area (Å²) >= 11 is 0. The Balaban J connectivity index is 1.98. The Kier molecular flexibility index (Phi) is 1.67. The summed E-state index contributed by atoms with van der Waals surface area (Å²) in [5.41, 5.74) is 3.42. The van der Waals surface area contributed by atoms with Gasteiger partial charge in [0.15, 0.2) is 0 Å². The van der Waals surface area contributed by atoms with Gasteiger partial charge < -0.3 is 0 Å². The lowest BCUT2D eigenvalue weighted by Gasteiger charge is -2.45. The van der Waals surface area contributed by atoms with Gasteiger partial charge in [-0.25, -0.2) is 0 Å². The highest BCUT2D eigenvalue weighted by molar-refractivity contribution is 5.31. The predicted octanol–water partition coefficient (Wildman–Crippen LogP) is 4.56. The fraction of sp³-hybridized carbons (Fsp3) is 0.867. The molecular formula is C15H24. The molecule has 0 heterocycles. The van der Waals surface area contributed by atoms with Crippen molar-refractivity contribution in [2.75, 3.05) is 0 Å². The van der Waals surface area contributed by atoms with E-state index < -0.39 is 0 Å². The van der Waals surface area contributed by atoms with Crippen LogP contribution in [0, 0.1) is 22.2 Å².